The predicted molar refractivity (Wildman–Crippen MR) is 96.6 cm³/mol. The van der Waals surface area contributed by atoms with Crippen LogP contribution in [-0.2, 0) is 15.9 Å². The number of hydrogen-bond acceptors (Lipinski definition) is 5. The van der Waals surface area contributed by atoms with E-state index in [0.717, 1.165) is 43.8 Å². The summed E-state index contributed by atoms with van der Waals surface area (Å²) in [6.45, 7) is 13.2. The van der Waals surface area contributed by atoms with E-state index in [1.54, 1.807) is 6.07 Å². The van der Waals surface area contributed by atoms with Gasteiger partial charge in [0.2, 0.25) is 0 Å². The fraction of sp³-hybridized carbons (Fsp3) is 0.667. The van der Waals surface area contributed by atoms with Crippen LogP contribution in [0.2, 0.25) is 0 Å². The highest BCUT2D eigenvalue weighted by Crippen LogP contribution is 2.36. The summed E-state index contributed by atoms with van der Waals surface area (Å²) in [5, 5.41) is 10.2. The van der Waals surface area contributed by atoms with Crippen LogP contribution in [0.3, 0.4) is 0 Å². The van der Waals surface area contributed by atoms with Crippen LogP contribution in [0, 0.1) is 0 Å². The van der Waals surface area contributed by atoms with Crippen molar-refractivity contribution in [2.45, 2.75) is 45.4 Å². The molecule has 6 heteroatoms. The number of piperazine rings is 1. The minimum Gasteiger partial charge on any atom is -0.508 e. The Morgan fingerprint density at radius 1 is 1.04 bits per heavy atom. The van der Waals surface area contributed by atoms with Gasteiger partial charge in [-0.2, -0.15) is 0 Å². The van der Waals surface area contributed by atoms with Gasteiger partial charge in [-0.1, -0.05) is 12.1 Å². The minimum atomic E-state index is -0.387. The van der Waals surface area contributed by atoms with Crippen molar-refractivity contribution in [3.63, 3.8) is 0 Å². The third-order valence-corrected chi connectivity index (χ3v) is 5.62. The molecular weight excluding hydrogens is 303 g/mol. The predicted octanol–water partition coefficient (Wildman–Crippen LogP) is 1.44. The zero-order valence-electron chi connectivity index (χ0n) is 15.5. The molecule has 0 spiro atoms. The lowest BCUT2D eigenvalue weighted by atomic mass is 9.78. The van der Waals surface area contributed by atoms with E-state index in [-0.39, 0.29) is 18.3 Å². The molecular formula is C18H29BN2O3. The number of phenolic OH excluding ortho intramolecular Hbond substituents is 1. The van der Waals surface area contributed by atoms with Gasteiger partial charge < -0.3 is 19.3 Å². The third kappa shape index (κ3) is 3.47. The zero-order valence-corrected chi connectivity index (χ0v) is 15.5. The highest BCUT2D eigenvalue weighted by Gasteiger charge is 2.51. The molecule has 3 rings (SSSR count). The Bertz CT molecular complexity index is 582. The molecule has 1 aromatic rings. The summed E-state index contributed by atoms with van der Waals surface area (Å²) < 4.78 is 12.2. The molecule has 0 amide bonds. The van der Waals surface area contributed by atoms with Crippen LogP contribution >= 0.6 is 0 Å². The number of benzene rings is 1. The van der Waals surface area contributed by atoms with Gasteiger partial charge in [0.15, 0.2) is 0 Å². The van der Waals surface area contributed by atoms with Gasteiger partial charge in [0.05, 0.1) is 11.2 Å². The first-order chi connectivity index (χ1) is 11.2. The molecule has 0 saturated carbocycles. The van der Waals surface area contributed by atoms with Crippen LogP contribution < -0.4 is 5.46 Å². The molecule has 2 fully saturated rings. The lowest BCUT2D eigenvalue weighted by molar-refractivity contribution is 0.00578. The minimum absolute atomic E-state index is 0.342. The summed E-state index contributed by atoms with van der Waals surface area (Å²) in [7, 11) is 1.76. The largest absolute Gasteiger partial charge is 0.508 e. The summed E-state index contributed by atoms with van der Waals surface area (Å²) in [6.07, 6.45) is 0. The summed E-state index contributed by atoms with van der Waals surface area (Å²) in [5.41, 5.74) is 1.20. The van der Waals surface area contributed by atoms with Crippen molar-refractivity contribution in [2.24, 2.45) is 0 Å². The van der Waals surface area contributed by atoms with Crippen molar-refractivity contribution in [1.82, 2.24) is 9.80 Å². The summed E-state index contributed by atoms with van der Waals surface area (Å²) in [6, 6.07) is 5.67. The summed E-state index contributed by atoms with van der Waals surface area (Å²) in [4.78, 5) is 4.71. The zero-order chi connectivity index (χ0) is 17.5. The molecule has 0 radical (unpaired) electrons. The van der Waals surface area contributed by atoms with E-state index in [0.29, 0.717) is 5.75 Å². The second-order valence-corrected chi connectivity index (χ2v) is 8.06. The van der Waals surface area contributed by atoms with Gasteiger partial charge in [-0.05, 0) is 46.3 Å². The average Bonchev–Trinajstić information content (AvgIpc) is 2.72. The number of rotatable bonds is 3. The van der Waals surface area contributed by atoms with Crippen molar-refractivity contribution in [3.05, 3.63) is 23.8 Å². The highest BCUT2D eigenvalue weighted by molar-refractivity contribution is 6.62. The third-order valence-electron chi connectivity index (χ3n) is 5.62. The van der Waals surface area contributed by atoms with E-state index in [9.17, 15) is 5.11 Å². The molecule has 132 valence electrons. The van der Waals surface area contributed by atoms with Crippen molar-refractivity contribution < 1.29 is 14.4 Å². The Balaban J connectivity index is 1.75. The van der Waals surface area contributed by atoms with Gasteiger partial charge in [0, 0.05) is 38.3 Å². The van der Waals surface area contributed by atoms with Crippen LogP contribution in [0.1, 0.15) is 33.3 Å². The first kappa shape index (κ1) is 17.7. The number of aromatic hydroxyl groups is 1. The lowest BCUT2D eigenvalue weighted by Gasteiger charge is -2.32. The lowest BCUT2D eigenvalue weighted by Crippen LogP contribution is -2.44. The highest BCUT2D eigenvalue weighted by atomic mass is 16.7. The summed E-state index contributed by atoms with van der Waals surface area (Å²) in [5.74, 6) is 0.342. The van der Waals surface area contributed by atoms with Crippen LogP contribution in [0.4, 0.5) is 0 Å². The van der Waals surface area contributed by atoms with E-state index in [1.807, 2.05) is 12.1 Å². The molecule has 0 atom stereocenters. The van der Waals surface area contributed by atoms with Gasteiger partial charge >= 0.3 is 7.12 Å². The normalized spacial score (nSPS) is 24.5. The molecule has 2 aliphatic rings. The molecule has 2 heterocycles. The van der Waals surface area contributed by atoms with Crippen molar-refractivity contribution in [1.29, 1.82) is 0 Å². The fourth-order valence-electron chi connectivity index (χ4n) is 3.10. The van der Waals surface area contributed by atoms with E-state index >= 15 is 0 Å². The van der Waals surface area contributed by atoms with E-state index < -0.39 is 0 Å². The maximum Gasteiger partial charge on any atom is 0.494 e. The average molecular weight is 332 g/mol. The Morgan fingerprint density at radius 3 is 2.21 bits per heavy atom. The van der Waals surface area contributed by atoms with E-state index in [1.165, 1.54) is 0 Å². The topological polar surface area (TPSA) is 45.2 Å². The first-order valence-electron chi connectivity index (χ1n) is 8.76. The monoisotopic (exact) mass is 332 g/mol. The second-order valence-electron chi connectivity index (χ2n) is 8.06. The number of nitrogens with zero attached hydrogens (tertiary/aromatic N) is 2. The quantitative estimate of drug-likeness (QED) is 0.849. The molecule has 1 N–H and O–H groups in total. The van der Waals surface area contributed by atoms with Crippen LogP contribution in [-0.4, -0.2) is 66.5 Å². The Kier molecular flexibility index (Phi) is 4.68. The number of likely N-dealkylation sites (N-methyl/N-ethyl adjacent to an activating group) is 1. The maximum absolute atomic E-state index is 10.2. The fourth-order valence-corrected chi connectivity index (χ4v) is 3.10. The van der Waals surface area contributed by atoms with Gasteiger partial charge in [-0.3, -0.25) is 4.90 Å². The van der Waals surface area contributed by atoms with Crippen LogP contribution in [0.5, 0.6) is 5.75 Å². The van der Waals surface area contributed by atoms with Gasteiger partial charge in [0.25, 0.3) is 0 Å². The Morgan fingerprint density at radius 2 is 1.62 bits per heavy atom. The number of phenols is 1. The first-order valence-corrected chi connectivity index (χ1v) is 8.76. The molecule has 0 bridgehead atoms. The SMILES string of the molecule is CN1CCN(Cc2cc(B3OC(C)(C)C(C)(C)O3)ccc2O)CC1. The van der Waals surface area contributed by atoms with E-state index in [4.69, 9.17) is 9.31 Å². The molecule has 0 aromatic heterocycles. The summed E-state index contributed by atoms with van der Waals surface area (Å²) >= 11 is 0. The van der Waals surface area contributed by atoms with Gasteiger partial charge in [-0.15, -0.1) is 0 Å². The van der Waals surface area contributed by atoms with Crippen molar-refractivity contribution >= 4 is 12.6 Å². The number of hydrogen-bond donors (Lipinski definition) is 1. The molecule has 2 aliphatic heterocycles. The maximum atomic E-state index is 10.2. The van der Waals surface area contributed by atoms with Crippen LogP contribution in [0.25, 0.3) is 0 Å². The van der Waals surface area contributed by atoms with Gasteiger partial charge in [-0.25, -0.2) is 0 Å². The Hall–Kier alpha value is -1.08. The van der Waals surface area contributed by atoms with Gasteiger partial charge in [0.1, 0.15) is 5.75 Å². The van der Waals surface area contributed by atoms with Crippen molar-refractivity contribution in [2.75, 3.05) is 33.2 Å². The second kappa shape index (κ2) is 6.34. The Labute approximate surface area is 145 Å². The molecule has 24 heavy (non-hydrogen) atoms. The molecule has 1 aromatic carbocycles. The molecule has 5 nitrogen and oxygen atoms in total. The molecule has 0 aliphatic carbocycles. The van der Waals surface area contributed by atoms with E-state index in [2.05, 4.69) is 44.5 Å². The smallest absolute Gasteiger partial charge is 0.494 e. The molecule has 2 saturated heterocycles. The van der Waals surface area contributed by atoms with Crippen LogP contribution in [0.15, 0.2) is 18.2 Å². The standard InChI is InChI=1S/C18H29BN2O3/c1-17(2)18(3,4)24-19(23-17)15-6-7-16(22)14(12-15)13-21-10-8-20(5)9-11-21/h6-7,12,22H,8-11,13H2,1-5H3. The van der Waals surface area contributed by atoms with Crippen molar-refractivity contribution in [3.8, 4) is 5.75 Å². The molecule has 0 unspecified atom stereocenters.